The molecule has 1 saturated carbocycles. The molecule has 0 bridgehead atoms. The summed E-state index contributed by atoms with van der Waals surface area (Å²) < 4.78 is 11.5. The number of fused-ring (bicyclic) bond motifs is 5. The van der Waals surface area contributed by atoms with Gasteiger partial charge in [0.2, 0.25) is 0 Å². The van der Waals surface area contributed by atoms with Crippen molar-refractivity contribution in [2.75, 3.05) is 13.2 Å². The van der Waals surface area contributed by atoms with Crippen LogP contribution in [-0.4, -0.2) is 46.3 Å². The minimum atomic E-state index is -0.509. The number of rotatable bonds is 7. The summed E-state index contributed by atoms with van der Waals surface area (Å²) in [6.45, 7) is 2.74. The lowest BCUT2D eigenvalue weighted by Gasteiger charge is -2.50. The second-order valence-corrected chi connectivity index (χ2v) is 9.70. The quantitative estimate of drug-likeness (QED) is 0.462. The van der Waals surface area contributed by atoms with Crippen LogP contribution in [0.3, 0.4) is 0 Å². The number of aliphatic hydroxyl groups excluding tert-OH is 1. The summed E-state index contributed by atoms with van der Waals surface area (Å²) in [6, 6.07) is 4.06. The van der Waals surface area contributed by atoms with Gasteiger partial charge in [-0.05, 0) is 61.8 Å². The van der Waals surface area contributed by atoms with Crippen LogP contribution in [0.25, 0.3) is 0 Å². The molecule has 2 aliphatic heterocycles. The number of aliphatic hydroxyl groups is 1. The first-order chi connectivity index (χ1) is 16.6. The SMILES string of the molecule is CC(=O)OC1=C2C3C=C(CCCCOc4ccncc4)C=CC3=C3CCCC[C@@H]3N2C[C@H](O)C1. The predicted octanol–water partition coefficient (Wildman–Crippen LogP) is 4.84. The molecule has 4 aliphatic rings. The largest absolute Gasteiger partial charge is 0.493 e. The van der Waals surface area contributed by atoms with E-state index >= 15 is 0 Å². The zero-order valence-corrected chi connectivity index (χ0v) is 19.9. The number of unbranched alkanes of at least 4 members (excludes halogenated alkanes) is 1. The highest BCUT2D eigenvalue weighted by Gasteiger charge is 2.43. The molecule has 6 nitrogen and oxygen atoms in total. The van der Waals surface area contributed by atoms with Crippen LogP contribution in [0.5, 0.6) is 5.75 Å². The van der Waals surface area contributed by atoms with Crippen LogP contribution in [0.4, 0.5) is 0 Å². The average Bonchev–Trinajstić information content (AvgIpc) is 2.84. The third kappa shape index (κ3) is 4.83. The molecule has 0 amide bonds. The van der Waals surface area contributed by atoms with E-state index in [9.17, 15) is 9.90 Å². The standard InChI is InChI=1S/C28H34N2O4/c1-19(31)34-27-17-21(32)18-30-26-8-3-2-7-24(26)23-10-9-20(16-25(23)28(27)30)6-4-5-15-33-22-11-13-29-14-12-22/h9-14,16,21,25-26,32H,2-8,15,17-18H2,1H3/t21-,25?,26+/m1/s1. The molecule has 1 aromatic rings. The normalized spacial score (nSPS) is 25.9. The molecule has 1 aromatic heterocycles. The lowest BCUT2D eigenvalue weighted by atomic mass is 9.72. The van der Waals surface area contributed by atoms with Crippen LogP contribution in [0.2, 0.25) is 0 Å². The number of allylic oxidation sites excluding steroid dienone is 4. The fourth-order valence-electron chi connectivity index (χ4n) is 5.87. The number of ether oxygens (including phenoxy) is 2. The van der Waals surface area contributed by atoms with Crippen molar-refractivity contribution in [1.82, 2.24) is 9.88 Å². The Kier molecular flexibility index (Phi) is 6.86. The van der Waals surface area contributed by atoms with Crippen molar-refractivity contribution in [1.29, 1.82) is 0 Å². The van der Waals surface area contributed by atoms with Gasteiger partial charge in [-0.2, -0.15) is 0 Å². The fourth-order valence-corrected chi connectivity index (χ4v) is 5.87. The van der Waals surface area contributed by atoms with Gasteiger partial charge in [0, 0.05) is 38.2 Å². The van der Waals surface area contributed by atoms with Gasteiger partial charge in [-0.15, -0.1) is 0 Å². The molecule has 6 heteroatoms. The Morgan fingerprint density at radius 3 is 2.88 bits per heavy atom. The molecule has 5 rings (SSSR count). The molecule has 1 N–H and O–H groups in total. The molecular weight excluding hydrogens is 428 g/mol. The molecule has 0 saturated heterocycles. The number of carbonyl (C=O) groups is 1. The Morgan fingerprint density at radius 1 is 1.21 bits per heavy atom. The fraction of sp³-hybridized carbons (Fsp3) is 0.500. The maximum absolute atomic E-state index is 11.9. The summed E-state index contributed by atoms with van der Waals surface area (Å²) in [4.78, 5) is 18.3. The smallest absolute Gasteiger partial charge is 0.307 e. The van der Waals surface area contributed by atoms with Gasteiger partial charge in [0.25, 0.3) is 0 Å². The monoisotopic (exact) mass is 462 g/mol. The summed E-state index contributed by atoms with van der Waals surface area (Å²) in [6.07, 6.45) is 17.9. The van der Waals surface area contributed by atoms with E-state index < -0.39 is 6.10 Å². The Hall–Kier alpha value is -2.86. The van der Waals surface area contributed by atoms with Gasteiger partial charge < -0.3 is 19.5 Å². The Bertz CT molecular complexity index is 1040. The number of hydrogen-bond donors (Lipinski definition) is 1. The van der Waals surface area contributed by atoms with Crippen LogP contribution in [0, 0.1) is 5.92 Å². The molecule has 2 aliphatic carbocycles. The van der Waals surface area contributed by atoms with Gasteiger partial charge in [0.15, 0.2) is 0 Å². The van der Waals surface area contributed by atoms with E-state index in [0.717, 1.165) is 43.6 Å². The van der Waals surface area contributed by atoms with Crippen molar-refractivity contribution >= 4 is 5.97 Å². The molecule has 0 spiro atoms. The first-order valence-electron chi connectivity index (χ1n) is 12.6. The molecule has 0 aromatic carbocycles. The topological polar surface area (TPSA) is 71.9 Å². The van der Waals surface area contributed by atoms with Gasteiger partial charge >= 0.3 is 5.97 Å². The van der Waals surface area contributed by atoms with E-state index in [2.05, 4.69) is 28.1 Å². The minimum absolute atomic E-state index is 0.0965. The van der Waals surface area contributed by atoms with Crippen molar-refractivity contribution in [3.8, 4) is 5.75 Å². The van der Waals surface area contributed by atoms with E-state index in [4.69, 9.17) is 9.47 Å². The average molecular weight is 463 g/mol. The molecule has 180 valence electrons. The number of aromatic nitrogens is 1. The second kappa shape index (κ2) is 10.2. The van der Waals surface area contributed by atoms with Gasteiger partial charge in [0.1, 0.15) is 11.5 Å². The first kappa shape index (κ1) is 22.9. The Balaban J connectivity index is 1.35. The van der Waals surface area contributed by atoms with Gasteiger partial charge in [-0.3, -0.25) is 9.78 Å². The molecular formula is C28H34N2O4. The van der Waals surface area contributed by atoms with E-state index in [1.165, 1.54) is 36.5 Å². The lowest BCUT2D eigenvalue weighted by molar-refractivity contribution is -0.138. The van der Waals surface area contributed by atoms with Crippen molar-refractivity contribution in [3.05, 3.63) is 70.9 Å². The zero-order chi connectivity index (χ0) is 23.5. The summed E-state index contributed by atoms with van der Waals surface area (Å²) in [5, 5.41) is 10.6. The number of carbonyl (C=O) groups excluding carboxylic acids is 1. The maximum Gasteiger partial charge on any atom is 0.307 e. The molecule has 0 radical (unpaired) electrons. The maximum atomic E-state index is 11.9. The molecule has 34 heavy (non-hydrogen) atoms. The summed E-state index contributed by atoms with van der Waals surface area (Å²) in [7, 11) is 0. The van der Waals surface area contributed by atoms with E-state index in [1.807, 2.05) is 12.1 Å². The molecule has 3 heterocycles. The Morgan fingerprint density at radius 2 is 2.06 bits per heavy atom. The Labute approximate surface area is 201 Å². The molecule has 3 atom stereocenters. The molecule has 1 fully saturated rings. The third-order valence-electron chi connectivity index (χ3n) is 7.28. The van der Waals surface area contributed by atoms with E-state index in [1.54, 1.807) is 12.4 Å². The first-order valence-corrected chi connectivity index (χ1v) is 12.6. The van der Waals surface area contributed by atoms with Crippen LogP contribution >= 0.6 is 0 Å². The number of hydrogen-bond acceptors (Lipinski definition) is 6. The number of esters is 1. The predicted molar refractivity (Wildman–Crippen MR) is 130 cm³/mol. The van der Waals surface area contributed by atoms with Gasteiger partial charge in [-0.25, -0.2) is 0 Å². The van der Waals surface area contributed by atoms with Crippen molar-refractivity contribution in [2.45, 2.75) is 70.4 Å². The highest BCUT2D eigenvalue weighted by molar-refractivity contribution is 5.67. The summed E-state index contributed by atoms with van der Waals surface area (Å²) in [5.74, 6) is 1.28. The highest BCUT2D eigenvalue weighted by atomic mass is 16.5. The number of nitrogens with zero attached hydrogens (tertiary/aromatic N) is 2. The van der Waals surface area contributed by atoms with Crippen LogP contribution in [0.15, 0.2) is 70.9 Å². The third-order valence-corrected chi connectivity index (χ3v) is 7.28. The number of pyridine rings is 1. The lowest BCUT2D eigenvalue weighted by Crippen LogP contribution is -2.50. The van der Waals surface area contributed by atoms with Crippen LogP contribution in [0.1, 0.15) is 58.3 Å². The van der Waals surface area contributed by atoms with E-state index in [-0.39, 0.29) is 11.9 Å². The van der Waals surface area contributed by atoms with Crippen LogP contribution < -0.4 is 4.74 Å². The minimum Gasteiger partial charge on any atom is -0.493 e. The van der Waals surface area contributed by atoms with Crippen molar-refractivity contribution in [2.24, 2.45) is 5.92 Å². The highest BCUT2D eigenvalue weighted by Crippen LogP contribution is 2.48. The zero-order valence-electron chi connectivity index (χ0n) is 19.9. The van der Waals surface area contributed by atoms with Crippen LogP contribution in [-0.2, 0) is 9.53 Å². The van der Waals surface area contributed by atoms with Crippen molar-refractivity contribution < 1.29 is 19.4 Å². The molecule has 1 unspecified atom stereocenters. The summed E-state index contributed by atoms with van der Waals surface area (Å²) >= 11 is 0. The second-order valence-electron chi connectivity index (χ2n) is 9.70. The van der Waals surface area contributed by atoms with Gasteiger partial charge in [-0.1, -0.05) is 30.2 Å². The summed E-state index contributed by atoms with van der Waals surface area (Å²) in [5.41, 5.74) is 5.29. The van der Waals surface area contributed by atoms with Gasteiger partial charge in [0.05, 0.1) is 24.4 Å². The van der Waals surface area contributed by atoms with Crippen molar-refractivity contribution in [3.63, 3.8) is 0 Å². The van der Waals surface area contributed by atoms with E-state index in [0.29, 0.717) is 31.4 Å².